The fourth-order valence-electron chi connectivity index (χ4n) is 2.51. The molecule has 1 atom stereocenters. The Labute approximate surface area is 157 Å². The third kappa shape index (κ3) is 4.77. The van der Waals surface area contributed by atoms with E-state index in [-0.39, 0.29) is 11.9 Å². The Morgan fingerprint density at radius 3 is 2.69 bits per heavy atom. The summed E-state index contributed by atoms with van der Waals surface area (Å²) in [6.45, 7) is 1.95. The fourth-order valence-corrected chi connectivity index (χ4v) is 2.63. The number of carbonyl (C=O) groups is 1. The minimum absolute atomic E-state index is 0.129. The van der Waals surface area contributed by atoms with Crippen LogP contribution in [-0.4, -0.2) is 15.9 Å². The highest BCUT2D eigenvalue weighted by atomic mass is 35.5. The molecule has 0 bridgehead atoms. The van der Waals surface area contributed by atoms with Crippen molar-refractivity contribution < 1.29 is 4.79 Å². The molecule has 3 rings (SSSR count). The first kappa shape index (κ1) is 17.8. The van der Waals surface area contributed by atoms with Gasteiger partial charge in [-0.2, -0.15) is 0 Å². The predicted octanol–water partition coefficient (Wildman–Crippen LogP) is 4.69. The minimum Gasteiger partial charge on any atom is -0.346 e. The van der Waals surface area contributed by atoms with Crippen LogP contribution in [0, 0.1) is 0 Å². The van der Waals surface area contributed by atoms with Crippen LogP contribution in [0.1, 0.15) is 24.2 Å². The second kappa shape index (κ2) is 8.41. The van der Waals surface area contributed by atoms with E-state index in [1.54, 1.807) is 24.5 Å². The van der Waals surface area contributed by atoms with Crippen molar-refractivity contribution in [2.75, 3.05) is 0 Å². The quantitative estimate of drug-likeness (QED) is 0.528. The van der Waals surface area contributed by atoms with Gasteiger partial charge < -0.3 is 5.32 Å². The van der Waals surface area contributed by atoms with Crippen molar-refractivity contribution >= 4 is 23.6 Å². The molecule has 130 valence electrons. The molecule has 5 heteroatoms. The second-order valence-corrected chi connectivity index (χ2v) is 6.20. The molecule has 1 N–H and O–H groups in total. The molecular weight excluding hydrogens is 346 g/mol. The van der Waals surface area contributed by atoms with Crippen LogP contribution in [0.2, 0.25) is 5.15 Å². The van der Waals surface area contributed by atoms with Gasteiger partial charge in [0.25, 0.3) is 0 Å². The molecule has 2 aromatic heterocycles. The lowest BCUT2D eigenvalue weighted by Gasteiger charge is -2.14. The Kier molecular flexibility index (Phi) is 5.77. The number of nitrogens with zero attached hydrogens (tertiary/aromatic N) is 2. The number of nitrogens with one attached hydrogen (secondary N) is 1. The molecule has 0 aliphatic carbocycles. The van der Waals surface area contributed by atoms with Crippen LogP contribution in [0.15, 0.2) is 73.1 Å². The first-order chi connectivity index (χ1) is 12.6. The summed E-state index contributed by atoms with van der Waals surface area (Å²) in [6.07, 6.45) is 6.61. The first-order valence-electron chi connectivity index (χ1n) is 8.23. The van der Waals surface area contributed by atoms with Gasteiger partial charge in [0.1, 0.15) is 5.15 Å². The molecule has 0 spiro atoms. The summed E-state index contributed by atoms with van der Waals surface area (Å²) in [7, 11) is 0. The van der Waals surface area contributed by atoms with Gasteiger partial charge in [-0.25, -0.2) is 4.98 Å². The van der Waals surface area contributed by atoms with Crippen LogP contribution in [0.25, 0.3) is 17.2 Å². The van der Waals surface area contributed by atoms with Crippen molar-refractivity contribution in [1.29, 1.82) is 0 Å². The molecule has 0 unspecified atom stereocenters. The van der Waals surface area contributed by atoms with E-state index in [4.69, 9.17) is 11.6 Å². The Bertz CT molecular complexity index is 908. The van der Waals surface area contributed by atoms with E-state index in [2.05, 4.69) is 15.3 Å². The summed E-state index contributed by atoms with van der Waals surface area (Å²) in [6, 6.07) is 17.1. The van der Waals surface area contributed by atoms with Crippen molar-refractivity contribution in [3.63, 3.8) is 0 Å². The Hall–Kier alpha value is -2.98. The number of carbonyl (C=O) groups excluding carboxylic acids is 1. The maximum atomic E-state index is 12.1. The molecule has 0 saturated carbocycles. The largest absolute Gasteiger partial charge is 0.346 e. The molecule has 0 fully saturated rings. The summed E-state index contributed by atoms with van der Waals surface area (Å²) in [4.78, 5) is 20.4. The van der Waals surface area contributed by atoms with E-state index in [1.807, 2.05) is 55.5 Å². The highest BCUT2D eigenvalue weighted by Gasteiger charge is 2.09. The number of aromatic nitrogens is 2. The predicted molar refractivity (Wildman–Crippen MR) is 105 cm³/mol. The molecule has 0 radical (unpaired) electrons. The number of amides is 1. The SMILES string of the molecule is C[C@H](NC(=O)C=Cc1ccccn1)c1cccc(-c2ccc(Cl)nc2)c1. The smallest absolute Gasteiger partial charge is 0.244 e. The average Bonchev–Trinajstić information content (AvgIpc) is 2.68. The molecule has 2 heterocycles. The highest BCUT2D eigenvalue weighted by molar-refractivity contribution is 6.29. The van der Waals surface area contributed by atoms with Crippen molar-refractivity contribution in [3.05, 3.63) is 89.5 Å². The molecule has 26 heavy (non-hydrogen) atoms. The molecule has 1 aromatic carbocycles. The van der Waals surface area contributed by atoms with Crippen LogP contribution in [0.4, 0.5) is 0 Å². The van der Waals surface area contributed by atoms with Crippen LogP contribution in [0.3, 0.4) is 0 Å². The van der Waals surface area contributed by atoms with Gasteiger partial charge >= 0.3 is 0 Å². The molecule has 0 aliphatic heterocycles. The van der Waals surface area contributed by atoms with E-state index in [0.29, 0.717) is 5.15 Å². The van der Waals surface area contributed by atoms with E-state index >= 15 is 0 Å². The third-order valence-electron chi connectivity index (χ3n) is 3.90. The first-order valence-corrected chi connectivity index (χ1v) is 8.61. The number of hydrogen-bond acceptors (Lipinski definition) is 3. The molecule has 3 aromatic rings. The zero-order chi connectivity index (χ0) is 18.4. The van der Waals surface area contributed by atoms with Crippen molar-refractivity contribution in [1.82, 2.24) is 15.3 Å². The number of rotatable bonds is 5. The van der Waals surface area contributed by atoms with Gasteiger partial charge in [-0.15, -0.1) is 0 Å². The minimum atomic E-state index is -0.165. The molecule has 4 nitrogen and oxygen atoms in total. The Morgan fingerprint density at radius 2 is 1.96 bits per heavy atom. The molecule has 0 saturated heterocycles. The third-order valence-corrected chi connectivity index (χ3v) is 4.12. The Morgan fingerprint density at radius 1 is 1.08 bits per heavy atom. The highest BCUT2D eigenvalue weighted by Crippen LogP contribution is 2.23. The summed E-state index contributed by atoms with van der Waals surface area (Å²) < 4.78 is 0. The standard InChI is InChI=1S/C21H18ClN3O/c1-15(25-21(26)11-9-19-7-2-3-12-23-19)16-5-4-6-17(13-16)18-8-10-20(22)24-14-18/h2-15H,1H3,(H,25,26)/t15-/m0/s1. The Balaban J connectivity index is 1.69. The van der Waals surface area contributed by atoms with Crippen molar-refractivity contribution in [2.24, 2.45) is 0 Å². The lowest BCUT2D eigenvalue weighted by atomic mass is 10.0. The van der Waals surface area contributed by atoms with Gasteiger partial charge in [-0.05, 0) is 54.5 Å². The average molecular weight is 364 g/mol. The zero-order valence-electron chi connectivity index (χ0n) is 14.3. The number of halogens is 1. The number of benzene rings is 1. The summed E-state index contributed by atoms with van der Waals surface area (Å²) in [5.41, 5.74) is 3.76. The van der Waals surface area contributed by atoms with Crippen LogP contribution < -0.4 is 5.32 Å². The maximum absolute atomic E-state index is 12.1. The van der Waals surface area contributed by atoms with Gasteiger partial charge in [0.2, 0.25) is 5.91 Å². The summed E-state index contributed by atoms with van der Waals surface area (Å²) in [5.74, 6) is -0.165. The van der Waals surface area contributed by atoms with E-state index < -0.39 is 0 Å². The van der Waals surface area contributed by atoms with Crippen molar-refractivity contribution in [3.8, 4) is 11.1 Å². The fraction of sp³-hybridized carbons (Fsp3) is 0.0952. The molecule has 1 amide bonds. The van der Waals surface area contributed by atoms with Gasteiger partial charge in [0.15, 0.2) is 0 Å². The summed E-state index contributed by atoms with van der Waals surface area (Å²) in [5, 5.41) is 3.43. The zero-order valence-corrected chi connectivity index (χ0v) is 15.0. The normalized spacial score (nSPS) is 12.1. The lowest BCUT2D eigenvalue weighted by molar-refractivity contribution is -0.117. The van der Waals surface area contributed by atoms with Crippen LogP contribution >= 0.6 is 11.6 Å². The monoisotopic (exact) mass is 363 g/mol. The van der Waals surface area contributed by atoms with E-state index in [1.165, 1.54) is 6.08 Å². The van der Waals surface area contributed by atoms with Crippen molar-refractivity contribution in [2.45, 2.75) is 13.0 Å². The number of pyridine rings is 2. The molecular formula is C21H18ClN3O. The number of hydrogen-bond donors (Lipinski definition) is 1. The van der Waals surface area contributed by atoms with E-state index in [0.717, 1.165) is 22.4 Å². The summed E-state index contributed by atoms with van der Waals surface area (Å²) >= 11 is 5.84. The second-order valence-electron chi connectivity index (χ2n) is 5.81. The maximum Gasteiger partial charge on any atom is 0.244 e. The molecule has 0 aliphatic rings. The topological polar surface area (TPSA) is 54.9 Å². The lowest BCUT2D eigenvalue weighted by Crippen LogP contribution is -2.24. The van der Waals surface area contributed by atoms with E-state index in [9.17, 15) is 4.79 Å². The van der Waals surface area contributed by atoms with Gasteiger partial charge in [-0.1, -0.05) is 35.9 Å². The van der Waals surface area contributed by atoms with Gasteiger partial charge in [-0.3, -0.25) is 9.78 Å². The van der Waals surface area contributed by atoms with Crippen LogP contribution in [-0.2, 0) is 4.79 Å². The van der Waals surface area contributed by atoms with Gasteiger partial charge in [0, 0.05) is 24.0 Å². The van der Waals surface area contributed by atoms with Gasteiger partial charge in [0.05, 0.1) is 11.7 Å². The van der Waals surface area contributed by atoms with Crippen LogP contribution in [0.5, 0.6) is 0 Å².